The molecule has 1 radical (unpaired) electrons. The molecule has 14 heavy (non-hydrogen) atoms. The lowest BCUT2D eigenvalue weighted by atomic mass is 9.86. The molecule has 0 heterocycles. The molecule has 0 aromatic rings. The monoisotopic (exact) mass is 198 g/mol. The molecule has 0 saturated heterocycles. The minimum atomic E-state index is -0.689. The van der Waals surface area contributed by atoms with Gasteiger partial charge in [0.1, 0.15) is 0 Å². The van der Waals surface area contributed by atoms with E-state index in [1.165, 1.54) is 0 Å². The summed E-state index contributed by atoms with van der Waals surface area (Å²) in [5.41, 5.74) is -0.783. The molecular weight excluding hydrogens is 178 g/mol. The SMILES string of the molecule is [CH2]C(CC)(C1CC1(C)C(=O)O)N(C)C. The van der Waals surface area contributed by atoms with Gasteiger partial charge in [0.05, 0.1) is 5.41 Å². The summed E-state index contributed by atoms with van der Waals surface area (Å²) in [6.45, 7) is 8.07. The Morgan fingerprint density at radius 3 is 2.43 bits per heavy atom. The quantitative estimate of drug-likeness (QED) is 0.746. The van der Waals surface area contributed by atoms with Crippen LogP contribution in [0.4, 0.5) is 0 Å². The van der Waals surface area contributed by atoms with E-state index in [1.54, 1.807) is 0 Å². The van der Waals surface area contributed by atoms with Crippen molar-refractivity contribution in [2.45, 2.75) is 32.2 Å². The lowest BCUT2D eigenvalue weighted by Crippen LogP contribution is -2.45. The highest BCUT2D eigenvalue weighted by Crippen LogP contribution is 2.59. The number of carboxylic acid groups (broad SMARTS) is 1. The van der Waals surface area contributed by atoms with Gasteiger partial charge >= 0.3 is 5.97 Å². The molecule has 1 N–H and O–H groups in total. The second-order valence-electron chi connectivity index (χ2n) is 4.83. The van der Waals surface area contributed by atoms with Crippen molar-refractivity contribution in [3.05, 3.63) is 6.92 Å². The van der Waals surface area contributed by atoms with Crippen LogP contribution in [0.15, 0.2) is 0 Å². The van der Waals surface area contributed by atoms with Gasteiger partial charge in [-0.1, -0.05) is 6.92 Å². The first-order chi connectivity index (χ1) is 6.29. The van der Waals surface area contributed by atoms with Crippen LogP contribution in [0, 0.1) is 18.3 Å². The van der Waals surface area contributed by atoms with Crippen LogP contribution >= 0.6 is 0 Å². The highest BCUT2D eigenvalue weighted by molar-refractivity contribution is 5.78. The van der Waals surface area contributed by atoms with Gasteiger partial charge in [-0.05, 0) is 46.7 Å². The zero-order valence-electron chi connectivity index (χ0n) is 9.50. The van der Waals surface area contributed by atoms with Gasteiger partial charge in [-0.3, -0.25) is 4.79 Å². The molecule has 3 unspecified atom stereocenters. The molecule has 0 aliphatic heterocycles. The Kier molecular flexibility index (Phi) is 2.65. The Morgan fingerprint density at radius 1 is 1.71 bits per heavy atom. The van der Waals surface area contributed by atoms with Crippen molar-refractivity contribution in [3.8, 4) is 0 Å². The largest absolute Gasteiger partial charge is 0.481 e. The van der Waals surface area contributed by atoms with E-state index in [-0.39, 0.29) is 11.5 Å². The second-order valence-corrected chi connectivity index (χ2v) is 4.83. The Balaban J connectivity index is 2.82. The van der Waals surface area contributed by atoms with E-state index < -0.39 is 11.4 Å². The number of hydrogen-bond donors (Lipinski definition) is 1. The van der Waals surface area contributed by atoms with Crippen LogP contribution in [-0.4, -0.2) is 35.6 Å². The van der Waals surface area contributed by atoms with Gasteiger partial charge in [0.25, 0.3) is 0 Å². The third kappa shape index (κ3) is 1.44. The molecule has 0 bridgehead atoms. The predicted molar refractivity (Wildman–Crippen MR) is 55.9 cm³/mol. The molecule has 1 fully saturated rings. The molecule has 81 valence electrons. The van der Waals surface area contributed by atoms with Gasteiger partial charge in [-0.25, -0.2) is 0 Å². The van der Waals surface area contributed by atoms with E-state index in [4.69, 9.17) is 5.11 Å². The highest BCUT2D eigenvalue weighted by atomic mass is 16.4. The summed E-state index contributed by atoms with van der Waals surface area (Å²) < 4.78 is 0. The number of aliphatic carboxylic acids is 1. The average Bonchev–Trinajstić information content (AvgIpc) is 2.78. The van der Waals surface area contributed by atoms with E-state index in [0.29, 0.717) is 0 Å². The van der Waals surface area contributed by atoms with Crippen LogP contribution < -0.4 is 0 Å². The summed E-state index contributed by atoms with van der Waals surface area (Å²) >= 11 is 0. The van der Waals surface area contributed by atoms with E-state index in [2.05, 4.69) is 13.8 Å². The summed E-state index contributed by atoms with van der Waals surface area (Å²) in [5.74, 6) is -0.515. The molecule has 3 atom stereocenters. The van der Waals surface area contributed by atoms with E-state index in [9.17, 15) is 4.79 Å². The van der Waals surface area contributed by atoms with Crippen LogP contribution in [0.2, 0.25) is 0 Å². The third-order valence-corrected chi connectivity index (χ3v) is 3.88. The zero-order valence-corrected chi connectivity index (χ0v) is 9.50. The van der Waals surface area contributed by atoms with Crippen molar-refractivity contribution in [2.75, 3.05) is 14.1 Å². The first kappa shape index (κ1) is 11.5. The molecule has 1 aliphatic carbocycles. The predicted octanol–water partition coefficient (Wildman–Crippen LogP) is 1.64. The lowest BCUT2D eigenvalue weighted by molar-refractivity contribution is -0.143. The maximum atomic E-state index is 11.0. The summed E-state index contributed by atoms with van der Waals surface area (Å²) in [6, 6.07) is 0. The molecule has 1 saturated carbocycles. The van der Waals surface area contributed by atoms with Gasteiger partial charge in [-0.15, -0.1) is 0 Å². The van der Waals surface area contributed by atoms with Crippen molar-refractivity contribution in [2.24, 2.45) is 11.3 Å². The van der Waals surface area contributed by atoms with Crippen molar-refractivity contribution in [3.63, 3.8) is 0 Å². The Bertz CT molecular complexity index is 252. The number of rotatable bonds is 4. The molecule has 0 amide bonds. The summed E-state index contributed by atoms with van der Waals surface area (Å²) in [4.78, 5) is 13.1. The molecule has 0 aromatic carbocycles. The van der Waals surface area contributed by atoms with Crippen molar-refractivity contribution >= 4 is 5.97 Å². The maximum Gasteiger partial charge on any atom is 0.309 e. The smallest absolute Gasteiger partial charge is 0.309 e. The van der Waals surface area contributed by atoms with E-state index in [1.807, 2.05) is 25.9 Å². The van der Waals surface area contributed by atoms with Crippen LogP contribution in [0.3, 0.4) is 0 Å². The minimum absolute atomic E-state index is 0.174. The van der Waals surface area contributed by atoms with E-state index in [0.717, 1.165) is 12.8 Å². The lowest BCUT2D eigenvalue weighted by Gasteiger charge is -2.37. The second kappa shape index (κ2) is 3.23. The minimum Gasteiger partial charge on any atom is -0.481 e. The van der Waals surface area contributed by atoms with Crippen LogP contribution in [0.1, 0.15) is 26.7 Å². The Morgan fingerprint density at radius 2 is 2.21 bits per heavy atom. The molecule has 3 heteroatoms. The van der Waals surface area contributed by atoms with Crippen molar-refractivity contribution in [1.82, 2.24) is 4.90 Å². The number of carbonyl (C=O) groups is 1. The summed E-state index contributed by atoms with van der Waals surface area (Å²) in [6.07, 6.45) is 1.63. The van der Waals surface area contributed by atoms with Crippen LogP contribution in [0.25, 0.3) is 0 Å². The fourth-order valence-corrected chi connectivity index (χ4v) is 2.26. The van der Waals surface area contributed by atoms with Gasteiger partial charge in [-0.2, -0.15) is 0 Å². The molecular formula is C11H20NO2. The Hall–Kier alpha value is -0.570. The fraction of sp³-hybridized carbons (Fsp3) is 0.818. The highest BCUT2D eigenvalue weighted by Gasteiger charge is 2.63. The summed E-state index contributed by atoms with van der Waals surface area (Å²) in [7, 11) is 3.94. The Labute approximate surface area is 86.1 Å². The fourth-order valence-electron chi connectivity index (χ4n) is 2.26. The first-order valence-corrected chi connectivity index (χ1v) is 5.05. The maximum absolute atomic E-state index is 11.0. The third-order valence-electron chi connectivity index (χ3n) is 3.88. The molecule has 1 rings (SSSR count). The molecule has 3 nitrogen and oxygen atoms in total. The number of carboxylic acids is 1. The molecule has 0 aromatic heterocycles. The van der Waals surface area contributed by atoms with Gasteiger partial charge in [0.15, 0.2) is 0 Å². The number of nitrogens with zero attached hydrogens (tertiary/aromatic N) is 1. The standard InChI is InChI=1S/C11H20NO2/c1-6-11(3,12(4)5)8-7-10(8,2)9(13)14/h8H,3,6-7H2,1-2,4-5H3,(H,13,14). The van der Waals surface area contributed by atoms with Crippen molar-refractivity contribution in [1.29, 1.82) is 0 Å². The molecule has 1 aliphatic rings. The summed E-state index contributed by atoms with van der Waals surface area (Å²) in [5, 5.41) is 9.08. The zero-order chi connectivity index (χ0) is 11.1. The van der Waals surface area contributed by atoms with Gasteiger partial charge in [0, 0.05) is 5.54 Å². The van der Waals surface area contributed by atoms with Crippen LogP contribution in [0.5, 0.6) is 0 Å². The molecule has 0 spiro atoms. The van der Waals surface area contributed by atoms with E-state index >= 15 is 0 Å². The van der Waals surface area contributed by atoms with Crippen molar-refractivity contribution < 1.29 is 9.90 Å². The number of hydrogen-bond acceptors (Lipinski definition) is 2. The average molecular weight is 198 g/mol. The topological polar surface area (TPSA) is 40.5 Å². The first-order valence-electron chi connectivity index (χ1n) is 5.05. The van der Waals surface area contributed by atoms with Gasteiger partial charge < -0.3 is 10.0 Å². The van der Waals surface area contributed by atoms with Gasteiger partial charge in [0.2, 0.25) is 0 Å². The van der Waals surface area contributed by atoms with Crippen LogP contribution in [-0.2, 0) is 4.79 Å². The normalized spacial score (nSPS) is 35.4.